The van der Waals surface area contributed by atoms with E-state index in [9.17, 15) is 0 Å². The average molecular weight is 279 g/mol. The molecule has 1 aromatic rings. The Labute approximate surface area is 123 Å². The van der Waals surface area contributed by atoms with Gasteiger partial charge in [0.2, 0.25) is 0 Å². The summed E-state index contributed by atoms with van der Waals surface area (Å²) in [7, 11) is 1.74. The van der Waals surface area contributed by atoms with E-state index in [1.807, 2.05) is 12.1 Å². The summed E-state index contributed by atoms with van der Waals surface area (Å²) in [5.41, 5.74) is 1.13. The van der Waals surface area contributed by atoms with Crippen LogP contribution in [0.1, 0.15) is 39.7 Å². The highest BCUT2D eigenvalue weighted by Gasteiger charge is 2.15. The van der Waals surface area contributed by atoms with E-state index in [0.717, 1.165) is 25.3 Å². The SMILES string of the molecule is COC(C)(C)CCOc1cccc(CNCC(C)C)c1. The summed E-state index contributed by atoms with van der Waals surface area (Å²) in [5.74, 6) is 1.60. The fourth-order valence-electron chi connectivity index (χ4n) is 1.77. The van der Waals surface area contributed by atoms with E-state index >= 15 is 0 Å². The number of methoxy groups -OCH3 is 1. The van der Waals surface area contributed by atoms with Crippen molar-refractivity contribution >= 4 is 0 Å². The Balaban J connectivity index is 2.39. The first kappa shape index (κ1) is 17.0. The van der Waals surface area contributed by atoms with Gasteiger partial charge in [-0.3, -0.25) is 0 Å². The third kappa shape index (κ3) is 6.92. The second-order valence-electron chi connectivity index (χ2n) is 6.23. The predicted molar refractivity (Wildman–Crippen MR) is 84.2 cm³/mol. The lowest BCUT2D eigenvalue weighted by atomic mass is 10.1. The number of ether oxygens (including phenoxy) is 2. The van der Waals surface area contributed by atoms with Gasteiger partial charge in [-0.1, -0.05) is 26.0 Å². The molecule has 114 valence electrons. The van der Waals surface area contributed by atoms with Gasteiger partial charge in [-0.2, -0.15) is 0 Å². The fraction of sp³-hybridized carbons (Fsp3) is 0.647. The van der Waals surface area contributed by atoms with Gasteiger partial charge in [-0.05, 0) is 44.0 Å². The largest absolute Gasteiger partial charge is 0.493 e. The highest BCUT2D eigenvalue weighted by molar-refractivity contribution is 5.28. The van der Waals surface area contributed by atoms with Crippen LogP contribution in [0.3, 0.4) is 0 Å². The Bertz CT molecular complexity index is 388. The molecule has 0 bridgehead atoms. The van der Waals surface area contributed by atoms with Gasteiger partial charge in [0.15, 0.2) is 0 Å². The molecule has 1 rings (SSSR count). The van der Waals surface area contributed by atoms with E-state index in [0.29, 0.717) is 12.5 Å². The zero-order valence-corrected chi connectivity index (χ0v) is 13.5. The first-order valence-corrected chi connectivity index (χ1v) is 7.40. The quantitative estimate of drug-likeness (QED) is 0.749. The first-order chi connectivity index (χ1) is 9.43. The summed E-state index contributed by atoms with van der Waals surface area (Å²) in [6.07, 6.45) is 0.874. The number of nitrogens with one attached hydrogen (secondary N) is 1. The van der Waals surface area contributed by atoms with Crippen LogP contribution in [0.5, 0.6) is 5.75 Å². The maximum Gasteiger partial charge on any atom is 0.119 e. The van der Waals surface area contributed by atoms with E-state index in [-0.39, 0.29) is 5.60 Å². The molecular formula is C17H29NO2. The summed E-state index contributed by atoms with van der Waals surface area (Å²) in [6.45, 7) is 11.2. The van der Waals surface area contributed by atoms with Crippen LogP contribution in [0.25, 0.3) is 0 Å². The van der Waals surface area contributed by atoms with Gasteiger partial charge in [0.05, 0.1) is 12.2 Å². The normalized spacial score (nSPS) is 11.9. The Kier molecular flexibility index (Phi) is 7.03. The van der Waals surface area contributed by atoms with Crippen LogP contribution in [-0.2, 0) is 11.3 Å². The summed E-state index contributed by atoms with van der Waals surface area (Å²) in [4.78, 5) is 0. The second kappa shape index (κ2) is 8.28. The molecule has 20 heavy (non-hydrogen) atoms. The van der Waals surface area contributed by atoms with Crippen LogP contribution in [0.4, 0.5) is 0 Å². The molecule has 0 saturated heterocycles. The van der Waals surface area contributed by atoms with Gasteiger partial charge >= 0.3 is 0 Å². The second-order valence-corrected chi connectivity index (χ2v) is 6.23. The first-order valence-electron chi connectivity index (χ1n) is 7.40. The van der Waals surface area contributed by atoms with Crippen molar-refractivity contribution in [2.45, 2.75) is 46.3 Å². The highest BCUT2D eigenvalue weighted by atomic mass is 16.5. The minimum absolute atomic E-state index is 0.129. The molecule has 3 nitrogen and oxygen atoms in total. The van der Waals surface area contributed by atoms with Crippen molar-refractivity contribution in [3.05, 3.63) is 29.8 Å². The molecule has 0 radical (unpaired) electrons. The average Bonchev–Trinajstić information content (AvgIpc) is 2.39. The van der Waals surface area contributed by atoms with Crippen molar-refractivity contribution < 1.29 is 9.47 Å². The molecule has 0 heterocycles. The highest BCUT2D eigenvalue weighted by Crippen LogP contribution is 2.17. The van der Waals surface area contributed by atoms with E-state index in [1.165, 1.54) is 5.56 Å². The van der Waals surface area contributed by atoms with Gasteiger partial charge < -0.3 is 14.8 Å². The van der Waals surface area contributed by atoms with E-state index in [4.69, 9.17) is 9.47 Å². The monoisotopic (exact) mass is 279 g/mol. The minimum Gasteiger partial charge on any atom is -0.493 e. The summed E-state index contributed by atoms with van der Waals surface area (Å²) in [6, 6.07) is 8.28. The molecule has 0 atom stereocenters. The van der Waals surface area contributed by atoms with E-state index < -0.39 is 0 Å². The Morgan fingerprint density at radius 1 is 1.25 bits per heavy atom. The molecule has 0 fully saturated rings. The topological polar surface area (TPSA) is 30.5 Å². The zero-order chi connectivity index (χ0) is 15.0. The standard InChI is InChI=1S/C17H29NO2/c1-14(2)12-18-13-15-7-6-8-16(11-15)20-10-9-17(3,4)19-5/h6-8,11,14,18H,9-10,12-13H2,1-5H3. The molecular weight excluding hydrogens is 250 g/mol. The third-order valence-electron chi connectivity index (χ3n) is 3.31. The predicted octanol–water partition coefficient (Wildman–Crippen LogP) is 3.63. The van der Waals surface area contributed by atoms with Crippen molar-refractivity contribution in [1.29, 1.82) is 0 Å². The Morgan fingerprint density at radius 3 is 2.65 bits per heavy atom. The van der Waals surface area contributed by atoms with Crippen LogP contribution in [0, 0.1) is 5.92 Å². The maximum atomic E-state index is 5.80. The molecule has 0 spiro atoms. The van der Waals surface area contributed by atoms with Crippen LogP contribution >= 0.6 is 0 Å². The fourth-order valence-corrected chi connectivity index (χ4v) is 1.77. The molecule has 3 heteroatoms. The number of rotatable bonds is 9. The van der Waals surface area contributed by atoms with Crippen LogP contribution in [0.2, 0.25) is 0 Å². The van der Waals surface area contributed by atoms with Crippen LogP contribution < -0.4 is 10.1 Å². The number of hydrogen-bond donors (Lipinski definition) is 1. The summed E-state index contributed by atoms with van der Waals surface area (Å²) in [5, 5.41) is 3.44. The number of benzene rings is 1. The number of hydrogen-bond acceptors (Lipinski definition) is 3. The zero-order valence-electron chi connectivity index (χ0n) is 13.5. The Hall–Kier alpha value is -1.06. The molecule has 1 aromatic carbocycles. The van der Waals surface area contributed by atoms with Gasteiger partial charge in [-0.15, -0.1) is 0 Å². The Morgan fingerprint density at radius 2 is 2.00 bits per heavy atom. The van der Waals surface area contributed by atoms with E-state index in [2.05, 4.69) is 45.1 Å². The summed E-state index contributed by atoms with van der Waals surface area (Å²) < 4.78 is 11.2. The van der Waals surface area contributed by atoms with Crippen LogP contribution in [-0.4, -0.2) is 25.9 Å². The molecule has 0 aliphatic rings. The van der Waals surface area contributed by atoms with Crippen molar-refractivity contribution in [1.82, 2.24) is 5.32 Å². The molecule has 0 amide bonds. The lowest BCUT2D eigenvalue weighted by Gasteiger charge is -2.22. The van der Waals surface area contributed by atoms with Crippen molar-refractivity contribution in [3.63, 3.8) is 0 Å². The molecule has 0 aliphatic carbocycles. The van der Waals surface area contributed by atoms with Crippen LogP contribution in [0.15, 0.2) is 24.3 Å². The van der Waals surface area contributed by atoms with Crippen molar-refractivity contribution in [3.8, 4) is 5.75 Å². The molecule has 0 saturated carbocycles. The van der Waals surface area contributed by atoms with Gasteiger partial charge in [0.1, 0.15) is 5.75 Å². The molecule has 0 aliphatic heterocycles. The third-order valence-corrected chi connectivity index (χ3v) is 3.31. The lowest BCUT2D eigenvalue weighted by Crippen LogP contribution is -2.25. The molecule has 0 unspecified atom stereocenters. The van der Waals surface area contributed by atoms with Crippen molar-refractivity contribution in [2.75, 3.05) is 20.3 Å². The maximum absolute atomic E-state index is 5.80. The molecule has 0 aromatic heterocycles. The van der Waals surface area contributed by atoms with Gasteiger partial charge in [-0.25, -0.2) is 0 Å². The summed E-state index contributed by atoms with van der Waals surface area (Å²) >= 11 is 0. The minimum atomic E-state index is -0.129. The van der Waals surface area contributed by atoms with E-state index in [1.54, 1.807) is 7.11 Å². The van der Waals surface area contributed by atoms with Gasteiger partial charge in [0, 0.05) is 20.1 Å². The lowest BCUT2D eigenvalue weighted by molar-refractivity contribution is 0.00545. The smallest absolute Gasteiger partial charge is 0.119 e. The molecule has 1 N–H and O–H groups in total. The van der Waals surface area contributed by atoms with Crippen molar-refractivity contribution in [2.24, 2.45) is 5.92 Å². The van der Waals surface area contributed by atoms with Gasteiger partial charge in [0.25, 0.3) is 0 Å².